The molecule has 0 bridgehead atoms. The van der Waals surface area contributed by atoms with Crippen molar-refractivity contribution in [3.05, 3.63) is 35.9 Å². The zero-order chi connectivity index (χ0) is 14.5. The molecule has 4 heteroatoms. The van der Waals surface area contributed by atoms with Crippen molar-refractivity contribution in [3.63, 3.8) is 0 Å². The fourth-order valence-electron chi connectivity index (χ4n) is 2.36. The van der Waals surface area contributed by atoms with Crippen LogP contribution in [0, 0.1) is 5.92 Å². The first-order valence-corrected chi connectivity index (χ1v) is 7.04. The molecule has 1 saturated heterocycles. The minimum absolute atomic E-state index is 0.0732. The van der Waals surface area contributed by atoms with Gasteiger partial charge in [0.05, 0.1) is 13.2 Å². The van der Waals surface area contributed by atoms with Crippen LogP contribution in [0.15, 0.2) is 30.3 Å². The summed E-state index contributed by atoms with van der Waals surface area (Å²) in [4.78, 5) is 25.3. The zero-order valence-corrected chi connectivity index (χ0v) is 12.0. The SMILES string of the molecule is CC(C)COC(=O)N1CC(=O)CC(c2ccccc2)C1. The predicted molar refractivity (Wildman–Crippen MR) is 76.6 cm³/mol. The average Bonchev–Trinajstić information content (AvgIpc) is 2.45. The number of amides is 1. The summed E-state index contributed by atoms with van der Waals surface area (Å²) in [5.74, 6) is 0.458. The third kappa shape index (κ3) is 3.83. The second-order valence-electron chi connectivity index (χ2n) is 5.70. The first kappa shape index (κ1) is 14.6. The van der Waals surface area contributed by atoms with Gasteiger partial charge in [0, 0.05) is 18.9 Å². The van der Waals surface area contributed by atoms with Crippen molar-refractivity contribution >= 4 is 11.9 Å². The molecule has 1 aliphatic rings. The highest BCUT2D eigenvalue weighted by Crippen LogP contribution is 2.25. The van der Waals surface area contributed by atoms with Crippen molar-refractivity contribution in [2.75, 3.05) is 19.7 Å². The van der Waals surface area contributed by atoms with Gasteiger partial charge in [0.15, 0.2) is 5.78 Å². The number of piperidine rings is 1. The Morgan fingerprint density at radius 3 is 2.70 bits per heavy atom. The second-order valence-corrected chi connectivity index (χ2v) is 5.70. The minimum atomic E-state index is -0.382. The number of rotatable bonds is 3. The van der Waals surface area contributed by atoms with E-state index < -0.39 is 0 Å². The van der Waals surface area contributed by atoms with Gasteiger partial charge in [-0.3, -0.25) is 4.79 Å². The molecule has 1 aromatic carbocycles. The van der Waals surface area contributed by atoms with Gasteiger partial charge in [0.1, 0.15) is 0 Å². The molecule has 0 saturated carbocycles. The molecule has 1 aliphatic heterocycles. The standard InChI is InChI=1S/C16H21NO3/c1-12(2)11-20-16(19)17-9-14(8-15(18)10-17)13-6-4-3-5-7-13/h3-7,12,14H,8-11H2,1-2H3. The Balaban J connectivity index is 2.01. The monoisotopic (exact) mass is 275 g/mol. The van der Waals surface area contributed by atoms with E-state index in [1.54, 1.807) is 0 Å². The number of hydrogen-bond acceptors (Lipinski definition) is 3. The van der Waals surface area contributed by atoms with Crippen LogP contribution in [-0.2, 0) is 9.53 Å². The van der Waals surface area contributed by atoms with Gasteiger partial charge in [-0.1, -0.05) is 44.2 Å². The van der Waals surface area contributed by atoms with E-state index in [1.807, 2.05) is 44.2 Å². The van der Waals surface area contributed by atoms with Crippen molar-refractivity contribution in [1.82, 2.24) is 4.90 Å². The van der Waals surface area contributed by atoms with Crippen molar-refractivity contribution in [1.29, 1.82) is 0 Å². The number of benzene rings is 1. The fraction of sp³-hybridized carbons (Fsp3) is 0.500. The number of likely N-dealkylation sites (tertiary alicyclic amines) is 1. The molecule has 1 unspecified atom stereocenters. The third-order valence-corrected chi connectivity index (χ3v) is 3.35. The summed E-state index contributed by atoms with van der Waals surface area (Å²) in [5, 5.41) is 0. The zero-order valence-electron chi connectivity index (χ0n) is 12.0. The maximum absolute atomic E-state index is 12.0. The number of nitrogens with zero attached hydrogens (tertiary/aromatic N) is 1. The lowest BCUT2D eigenvalue weighted by molar-refractivity contribution is -0.122. The van der Waals surface area contributed by atoms with Crippen LogP contribution in [0.3, 0.4) is 0 Å². The van der Waals surface area contributed by atoms with Crippen LogP contribution in [0.4, 0.5) is 4.79 Å². The first-order chi connectivity index (χ1) is 9.56. The van der Waals surface area contributed by atoms with Crippen LogP contribution in [0.25, 0.3) is 0 Å². The van der Waals surface area contributed by atoms with Crippen LogP contribution >= 0.6 is 0 Å². The van der Waals surface area contributed by atoms with Gasteiger partial charge in [-0.25, -0.2) is 4.79 Å². The highest BCUT2D eigenvalue weighted by molar-refractivity contribution is 5.86. The van der Waals surface area contributed by atoms with Gasteiger partial charge < -0.3 is 9.64 Å². The molecular formula is C16H21NO3. The molecule has 0 aromatic heterocycles. The molecule has 1 atom stereocenters. The summed E-state index contributed by atoms with van der Waals surface area (Å²) in [6.07, 6.45) is 0.116. The topological polar surface area (TPSA) is 46.6 Å². The lowest BCUT2D eigenvalue weighted by Gasteiger charge is -2.31. The third-order valence-electron chi connectivity index (χ3n) is 3.35. The van der Waals surface area contributed by atoms with E-state index in [1.165, 1.54) is 4.90 Å². The molecule has 108 valence electrons. The average molecular weight is 275 g/mol. The summed E-state index contributed by atoms with van der Waals surface area (Å²) >= 11 is 0. The van der Waals surface area contributed by atoms with Crippen LogP contribution < -0.4 is 0 Å². The van der Waals surface area contributed by atoms with Crippen LogP contribution in [0.2, 0.25) is 0 Å². The summed E-state index contributed by atoms with van der Waals surface area (Å²) in [5.41, 5.74) is 1.10. The number of hydrogen-bond donors (Lipinski definition) is 0. The first-order valence-electron chi connectivity index (χ1n) is 7.04. The van der Waals surface area contributed by atoms with E-state index in [9.17, 15) is 9.59 Å². The Kier molecular flexibility index (Phi) is 4.77. The Morgan fingerprint density at radius 1 is 1.35 bits per heavy atom. The summed E-state index contributed by atoms with van der Waals surface area (Å²) in [6.45, 7) is 5.08. The molecule has 2 rings (SSSR count). The van der Waals surface area contributed by atoms with Gasteiger partial charge in [-0.2, -0.15) is 0 Å². The molecule has 1 fully saturated rings. The molecule has 0 radical (unpaired) electrons. The maximum atomic E-state index is 12.0. The van der Waals surface area contributed by atoms with E-state index in [4.69, 9.17) is 4.74 Å². The normalized spacial score (nSPS) is 19.2. The summed E-state index contributed by atoms with van der Waals surface area (Å²) in [6, 6.07) is 9.86. The van der Waals surface area contributed by atoms with E-state index in [0.29, 0.717) is 25.5 Å². The quantitative estimate of drug-likeness (QED) is 0.852. The van der Waals surface area contributed by atoms with E-state index in [-0.39, 0.29) is 24.3 Å². The molecular weight excluding hydrogens is 254 g/mol. The lowest BCUT2D eigenvalue weighted by atomic mass is 9.90. The van der Waals surface area contributed by atoms with E-state index in [0.717, 1.165) is 5.56 Å². The molecule has 0 spiro atoms. The summed E-state index contributed by atoms with van der Waals surface area (Å²) < 4.78 is 5.21. The Morgan fingerprint density at radius 2 is 2.05 bits per heavy atom. The fourth-order valence-corrected chi connectivity index (χ4v) is 2.36. The molecule has 1 heterocycles. The highest BCUT2D eigenvalue weighted by Gasteiger charge is 2.30. The summed E-state index contributed by atoms with van der Waals surface area (Å²) in [7, 11) is 0. The second kappa shape index (κ2) is 6.55. The molecule has 20 heavy (non-hydrogen) atoms. The van der Waals surface area contributed by atoms with Crippen LogP contribution in [0.1, 0.15) is 31.7 Å². The van der Waals surface area contributed by atoms with Gasteiger partial charge in [0.25, 0.3) is 0 Å². The van der Waals surface area contributed by atoms with Gasteiger partial charge in [0.2, 0.25) is 0 Å². The van der Waals surface area contributed by atoms with Crippen molar-refractivity contribution in [2.45, 2.75) is 26.2 Å². The van der Waals surface area contributed by atoms with Gasteiger partial charge in [-0.15, -0.1) is 0 Å². The molecule has 4 nitrogen and oxygen atoms in total. The number of carbonyl (C=O) groups is 2. The van der Waals surface area contributed by atoms with E-state index in [2.05, 4.69) is 0 Å². The highest BCUT2D eigenvalue weighted by atomic mass is 16.6. The van der Waals surface area contributed by atoms with E-state index >= 15 is 0 Å². The largest absolute Gasteiger partial charge is 0.449 e. The minimum Gasteiger partial charge on any atom is -0.449 e. The number of carbonyl (C=O) groups excluding carboxylic acids is 2. The number of ketones is 1. The molecule has 1 amide bonds. The maximum Gasteiger partial charge on any atom is 0.410 e. The van der Waals surface area contributed by atoms with Crippen LogP contribution in [-0.4, -0.2) is 36.5 Å². The van der Waals surface area contributed by atoms with Crippen molar-refractivity contribution < 1.29 is 14.3 Å². The predicted octanol–water partition coefficient (Wildman–Crippen LogP) is 2.84. The molecule has 1 aromatic rings. The Hall–Kier alpha value is -1.84. The molecule has 0 N–H and O–H groups in total. The Bertz CT molecular complexity index is 470. The lowest BCUT2D eigenvalue weighted by Crippen LogP contribution is -2.44. The number of ether oxygens (including phenoxy) is 1. The Labute approximate surface area is 119 Å². The molecule has 0 aliphatic carbocycles. The van der Waals surface area contributed by atoms with Crippen molar-refractivity contribution in [2.24, 2.45) is 5.92 Å². The smallest absolute Gasteiger partial charge is 0.410 e. The van der Waals surface area contributed by atoms with Gasteiger partial charge >= 0.3 is 6.09 Å². The van der Waals surface area contributed by atoms with Crippen LogP contribution in [0.5, 0.6) is 0 Å². The van der Waals surface area contributed by atoms with Gasteiger partial charge in [-0.05, 0) is 11.5 Å². The number of Topliss-reactive ketones (excluding diaryl/α,β-unsaturated/α-hetero) is 1. The van der Waals surface area contributed by atoms with Crippen molar-refractivity contribution in [3.8, 4) is 0 Å².